The molecule has 2 N–H and O–H groups in total. The predicted molar refractivity (Wildman–Crippen MR) is 61.5 cm³/mol. The highest BCUT2D eigenvalue weighted by Crippen LogP contribution is 2.25. The average molecular weight is 207 g/mol. The smallest absolute Gasteiger partial charge is 0.0532 e. The minimum absolute atomic E-state index is 0.948. The van der Waals surface area contributed by atoms with Gasteiger partial charge >= 0.3 is 0 Å². The Kier molecular flexibility index (Phi) is 4.21. The van der Waals surface area contributed by atoms with Crippen LogP contribution in [0.3, 0.4) is 0 Å². The molecule has 2 rings (SSSR count). The Balaban J connectivity index is 1.54. The fraction of sp³-hybridized carbons (Fsp3) is 0.750. The Bertz CT molecular complexity index is 250. The second-order valence-electron chi connectivity index (χ2n) is 4.58. The van der Waals surface area contributed by atoms with Gasteiger partial charge in [0, 0.05) is 18.3 Å². The minimum atomic E-state index is 0.948. The molecule has 15 heavy (non-hydrogen) atoms. The van der Waals surface area contributed by atoms with E-state index >= 15 is 0 Å². The third kappa shape index (κ3) is 3.67. The molecular weight excluding hydrogens is 186 g/mol. The van der Waals surface area contributed by atoms with E-state index in [1.54, 1.807) is 0 Å². The molecule has 0 aromatic carbocycles. The first-order valence-corrected chi connectivity index (χ1v) is 6.13. The van der Waals surface area contributed by atoms with Gasteiger partial charge in [0.15, 0.2) is 0 Å². The summed E-state index contributed by atoms with van der Waals surface area (Å²) >= 11 is 0. The fourth-order valence-corrected chi connectivity index (χ4v) is 2.39. The number of hydrogen-bond acceptors (Lipinski definition) is 2. The quantitative estimate of drug-likeness (QED) is 0.728. The van der Waals surface area contributed by atoms with E-state index in [0.717, 1.165) is 19.0 Å². The molecule has 1 aromatic rings. The molecule has 0 radical (unpaired) electrons. The summed E-state index contributed by atoms with van der Waals surface area (Å²) in [5.41, 5.74) is 1.25. The maximum Gasteiger partial charge on any atom is 0.0532 e. The number of nitrogens with zero attached hydrogens (tertiary/aromatic N) is 1. The van der Waals surface area contributed by atoms with E-state index in [9.17, 15) is 0 Å². The molecule has 3 nitrogen and oxygen atoms in total. The van der Waals surface area contributed by atoms with Gasteiger partial charge < -0.3 is 5.32 Å². The Hall–Kier alpha value is -0.830. The van der Waals surface area contributed by atoms with Crippen LogP contribution in [0.15, 0.2) is 12.4 Å². The van der Waals surface area contributed by atoms with Crippen LogP contribution in [0.1, 0.15) is 44.1 Å². The van der Waals surface area contributed by atoms with Gasteiger partial charge in [-0.05, 0) is 18.9 Å². The summed E-state index contributed by atoms with van der Waals surface area (Å²) in [6, 6.07) is 0. The molecule has 1 saturated carbocycles. The fourth-order valence-electron chi connectivity index (χ4n) is 2.39. The number of H-pyrrole nitrogens is 1. The first-order chi connectivity index (χ1) is 7.45. The van der Waals surface area contributed by atoms with Crippen molar-refractivity contribution in [2.45, 2.75) is 45.1 Å². The van der Waals surface area contributed by atoms with Crippen molar-refractivity contribution in [2.24, 2.45) is 5.92 Å². The van der Waals surface area contributed by atoms with Crippen LogP contribution in [0.25, 0.3) is 0 Å². The molecule has 0 aliphatic heterocycles. The van der Waals surface area contributed by atoms with E-state index in [1.165, 1.54) is 44.1 Å². The third-order valence-electron chi connectivity index (χ3n) is 3.34. The van der Waals surface area contributed by atoms with Crippen LogP contribution in [0, 0.1) is 5.92 Å². The Morgan fingerprint density at radius 3 is 2.93 bits per heavy atom. The zero-order chi connectivity index (χ0) is 10.3. The monoisotopic (exact) mass is 207 g/mol. The van der Waals surface area contributed by atoms with Crippen molar-refractivity contribution in [2.75, 3.05) is 6.54 Å². The lowest BCUT2D eigenvalue weighted by molar-refractivity contribution is 0.334. The summed E-state index contributed by atoms with van der Waals surface area (Å²) in [6.45, 7) is 2.10. The van der Waals surface area contributed by atoms with Crippen molar-refractivity contribution in [3.05, 3.63) is 18.0 Å². The molecule has 1 heterocycles. The lowest BCUT2D eigenvalue weighted by Crippen LogP contribution is -2.18. The second kappa shape index (κ2) is 5.91. The molecule has 0 amide bonds. The maximum atomic E-state index is 3.93. The molecule has 1 aliphatic carbocycles. The summed E-state index contributed by atoms with van der Waals surface area (Å²) in [5, 5.41) is 10.2. The van der Waals surface area contributed by atoms with Gasteiger partial charge in [-0.3, -0.25) is 5.10 Å². The second-order valence-corrected chi connectivity index (χ2v) is 4.58. The van der Waals surface area contributed by atoms with E-state index < -0.39 is 0 Å². The third-order valence-corrected chi connectivity index (χ3v) is 3.34. The normalized spacial score (nSPS) is 18.1. The highest BCUT2D eigenvalue weighted by atomic mass is 15.1. The molecule has 84 valence electrons. The molecule has 1 fully saturated rings. The molecule has 1 aliphatic rings. The van der Waals surface area contributed by atoms with Gasteiger partial charge in [0.05, 0.1) is 6.20 Å². The molecular formula is C12H21N3. The first-order valence-electron chi connectivity index (χ1n) is 6.13. The van der Waals surface area contributed by atoms with Crippen LogP contribution in [0.4, 0.5) is 0 Å². The Labute approximate surface area is 91.7 Å². The molecule has 0 bridgehead atoms. The maximum absolute atomic E-state index is 3.93. The van der Waals surface area contributed by atoms with Crippen LogP contribution in [0.5, 0.6) is 0 Å². The molecule has 0 spiro atoms. The molecule has 0 saturated heterocycles. The lowest BCUT2D eigenvalue weighted by atomic mass is 9.87. The van der Waals surface area contributed by atoms with Crippen LogP contribution in [-0.4, -0.2) is 16.7 Å². The first kappa shape index (κ1) is 10.7. The summed E-state index contributed by atoms with van der Waals surface area (Å²) in [4.78, 5) is 0. The summed E-state index contributed by atoms with van der Waals surface area (Å²) in [5.74, 6) is 0.982. The van der Waals surface area contributed by atoms with Crippen molar-refractivity contribution >= 4 is 0 Å². The van der Waals surface area contributed by atoms with Gasteiger partial charge in [-0.2, -0.15) is 5.10 Å². The highest BCUT2D eigenvalue weighted by Gasteiger charge is 2.12. The summed E-state index contributed by atoms with van der Waals surface area (Å²) < 4.78 is 0. The zero-order valence-electron chi connectivity index (χ0n) is 9.34. The number of nitrogens with one attached hydrogen (secondary N) is 2. The van der Waals surface area contributed by atoms with Crippen molar-refractivity contribution < 1.29 is 0 Å². The zero-order valence-corrected chi connectivity index (χ0v) is 9.34. The van der Waals surface area contributed by atoms with Gasteiger partial charge in [0.2, 0.25) is 0 Å². The van der Waals surface area contributed by atoms with Crippen molar-refractivity contribution in [3.63, 3.8) is 0 Å². The van der Waals surface area contributed by atoms with Crippen molar-refractivity contribution in [1.29, 1.82) is 0 Å². The predicted octanol–water partition coefficient (Wildman–Crippen LogP) is 2.47. The minimum Gasteiger partial charge on any atom is -0.313 e. The van der Waals surface area contributed by atoms with Crippen molar-refractivity contribution in [3.8, 4) is 0 Å². The van der Waals surface area contributed by atoms with Gasteiger partial charge in [0.25, 0.3) is 0 Å². The molecule has 0 unspecified atom stereocenters. The summed E-state index contributed by atoms with van der Waals surface area (Å²) in [6.07, 6.45) is 12.4. The number of aromatic nitrogens is 2. The lowest BCUT2D eigenvalue weighted by Gasteiger charge is -2.21. The standard InChI is InChI=1S/C12H21N3/c1-2-4-11(5-3-1)6-7-13-8-12-9-14-15-10-12/h9-11,13H,1-8H2,(H,14,15). The molecule has 3 heteroatoms. The van der Waals surface area contributed by atoms with Crippen LogP contribution >= 0.6 is 0 Å². The van der Waals surface area contributed by atoms with Crippen LogP contribution in [0.2, 0.25) is 0 Å². The van der Waals surface area contributed by atoms with Gasteiger partial charge in [-0.1, -0.05) is 32.1 Å². The Morgan fingerprint density at radius 2 is 2.20 bits per heavy atom. The highest BCUT2D eigenvalue weighted by molar-refractivity contribution is 5.01. The average Bonchev–Trinajstić information content (AvgIpc) is 2.79. The molecule has 0 atom stereocenters. The van der Waals surface area contributed by atoms with Gasteiger partial charge in [-0.15, -0.1) is 0 Å². The largest absolute Gasteiger partial charge is 0.313 e. The molecule has 1 aromatic heterocycles. The van der Waals surface area contributed by atoms with E-state index in [1.807, 2.05) is 12.4 Å². The van der Waals surface area contributed by atoms with Gasteiger partial charge in [-0.25, -0.2) is 0 Å². The van der Waals surface area contributed by atoms with E-state index in [4.69, 9.17) is 0 Å². The number of rotatable bonds is 5. The van der Waals surface area contributed by atoms with E-state index in [-0.39, 0.29) is 0 Å². The van der Waals surface area contributed by atoms with Crippen molar-refractivity contribution in [1.82, 2.24) is 15.5 Å². The Morgan fingerprint density at radius 1 is 1.33 bits per heavy atom. The number of aromatic amines is 1. The van der Waals surface area contributed by atoms with E-state index in [0.29, 0.717) is 0 Å². The van der Waals surface area contributed by atoms with Crippen LogP contribution in [-0.2, 0) is 6.54 Å². The van der Waals surface area contributed by atoms with Gasteiger partial charge in [0.1, 0.15) is 0 Å². The topological polar surface area (TPSA) is 40.7 Å². The number of hydrogen-bond donors (Lipinski definition) is 2. The van der Waals surface area contributed by atoms with E-state index in [2.05, 4.69) is 15.5 Å². The van der Waals surface area contributed by atoms with Crippen LogP contribution < -0.4 is 5.32 Å². The summed E-state index contributed by atoms with van der Waals surface area (Å²) in [7, 11) is 0. The SMILES string of the molecule is c1n[nH]cc1CNCCC1CCCCC1.